The molecular formula is C14H19ClN2O2. The fourth-order valence-electron chi connectivity index (χ4n) is 1.57. The minimum absolute atomic E-state index is 0.155. The van der Waals surface area contributed by atoms with Crippen LogP contribution in [-0.2, 0) is 0 Å². The number of hydrogen-bond donors (Lipinski definition) is 2. The van der Waals surface area contributed by atoms with Crippen molar-refractivity contribution < 1.29 is 9.84 Å². The van der Waals surface area contributed by atoms with E-state index in [-0.39, 0.29) is 5.54 Å². The van der Waals surface area contributed by atoms with Crippen LogP contribution in [0.5, 0.6) is 5.75 Å². The van der Waals surface area contributed by atoms with Crippen molar-refractivity contribution in [3.63, 3.8) is 0 Å². The molecule has 1 rings (SSSR count). The lowest BCUT2D eigenvalue weighted by molar-refractivity contribution is 0.0822. The number of nitrogens with one attached hydrogen (secondary N) is 1. The number of aliphatic hydroxyl groups is 1. The highest BCUT2D eigenvalue weighted by Crippen LogP contribution is 2.22. The maximum atomic E-state index is 9.76. The molecule has 5 heteroatoms. The zero-order chi connectivity index (χ0) is 14.5. The normalized spacial score (nSPS) is 12.8. The smallest absolute Gasteiger partial charge is 0.137 e. The summed E-state index contributed by atoms with van der Waals surface area (Å²) in [5, 5.41) is 22.2. The molecule has 1 atom stereocenters. The predicted octanol–water partition coefficient (Wildman–Crippen LogP) is 2.69. The summed E-state index contributed by atoms with van der Waals surface area (Å²) in [5.74, 6) is 0.481. The van der Waals surface area contributed by atoms with Gasteiger partial charge in [0.2, 0.25) is 0 Å². The van der Waals surface area contributed by atoms with Crippen molar-refractivity contribution in [1.82, 2.24) is 5.32 Å². The lowest BCUT2D eigenvalue weighted by Crippen LogP contribution is -2.44. The molecule has 4 nitrogen and oxygen atoms in total. The van der Waals surface area contributed by atoms with E-state index in [1.165, 1.54) is 0 Å². The molecule has 1 unspecified atom stereocenters. The van der Waals surface area contributed by atoms with Crippen molar-refractivity contribution in [2.24, 2.45) is 0 Å². The van der Waals surface area contributed by atoms with Crippen molar-refractivity contribution in [1.29, 1.82) is 5.26 Å². The van der Waals surface area contributed by atoms with Crippen molar-refractivity contribution in [2.75, 3.05) is 6.61 Å². The standard InChI is InChI=1S/C14H19ClN2O2/c1-14(2,3)17-13(18)6-7-19-12-5-4-11(15)8-10(12)9-16/h4-5,8,13,17-18H,6-7H2,1-3H3. The molecule has 0 saturated carbocycles. The second kappa shape index (κ2) is 6.76. The van der Waals surface area contributed by atoms with Crippen LogP contribution in [0.3, 0.4) is 0 Å². The molecule has 0 radical (unpaired) electrons. The highest BCUT2D eigenvalue weighted by molar-refractivity contribution is 6.30. The number of rotatable bonds is 5. The summed E-state index contributed by atoms with van der Waals surface area (Å²) < 4.78 is 5.49. The van der Waals surface area contributed by atoms with E-state index in [9.17, 15) is 5.11 Å². The van der Waals surface area contributed by atoms with Gasteiger partial charge in [0.1, 0.15) is 18.0 Å². The Kier molecular flexibility index (Phi) is 5.61. The Morgan fingerprint density at radius 2 is 2.16 bits per heavy atom. The van der Waals surface area contributed by atoms with Gasteiger partial charge in [-0.15, -0.1) is 0 Å². The molecule has 0 aliphatic heterocycles. The van der Waals surface area contributed by atoms with Crippen LogP contribution in [0.1, 0.15) is 32.8 Å². The second-order valence-electron chi connectivity index (χ2n) is 5.30. The summed E-state index contributed by atoms with van der Waals surface area (Å²) in [6, 6.07) is 6.91. The molecule has 1 aromatic carbocycles. The van der Waals surface area contributed by atoms with Gasteiger partial charge in [0.05, 0.1) is 12.2 Å². The Morgan fingerprint density at radius 3 is 2.74 bits per heavy atom. The van der Waals surface area contributed by atoms with E-state index in [1.54, 1.807) is 18.2 Å². The first kappa shape index (κ1) is 15.8. The summed E-state index contributed by atoms with van der Waals surface area (Å²) in [6.07, 6.45) is -0.206. The van der Waals surface area contributed by atoms with Gasteiger partial charge in [0.15, 0.2) is 0 Å². The van der Waals surface area contributed by atoms with Gasteiger partial charge >= 0.3 is 0 Å². The first-order valence-corrected chi connectivity index (χ1v) is 6.48. The molecule has 0 saturated heterocycles. The number of aliphatic hydroxyl groups excluding tert-OH is 1. The molecule has 0 aliphatic carbocycles. The van der Waals surface area contributed by atoms with E-state index in [0.717, 1.165) is 0 Å². The highest BCUT2D eigenvalue weighted by Gasteiger charge is 2.14. The van der Waals surface area contributed by atoms with Crippen LogP contribution >= 0.6 is 11.6 Å². The van der Waals surface area contributed by atoms with Gasteiger partial charge in [-0.3, -0.25) is 5.32 Å². The third-order valence-electron chi connectivity index (χ3n) is 2.31. The Morgan fingerprint density at radius 1 is 1.47 bits per heavy atom. The molecule has 19 heavy (non-hydrogen) atoms. The number of nitriles is 1. The van der Waals surface area contributed by atoms with Crippen LogP contribution in [0, 0.1) is 11.3 Å². The minimum Gasteiger partial charge on any atom is -0.492 e. The van der Waals surface area contributed by atoms with Crippen LogP contribution in [0.2, 0.25) is 5.02 Å². The zero-order valence-corrected chi connectivity index (χ0v) is 12.2. The van der Waals surface area contributed by atoms with Gasteiger partial charge in [-0.1, -0.05) is 11.6 Å². The summed E-state index contributed by atoms with van der Waals surface area (Å²) >= 11 is 5.80. The summed E-state index contributed by atoms with van der Waals surface area (Å²) in [5.41, 5.74) is 0.239. The fraction of sp³-hybridized carbons (Fsp3) is 0.500. The fourth-order valence-corrected chi connectivity index (χ4v) is 1.74. The number of ether oxygens (including phenoxy) is 1. The molecular weight excluding hydrogens is 264 g/mol. The SMILES string of the molecule is CC(C)(C)NC(O)CCOc1ccc(Cl)cc1C#N. The number of nitrogens with zero attached hydrogens (tertiary/aromatic N) is 1. The third kappa shape index (κ3) is 5.93. The maximum Gasteiger partial charge on any atom is 0.137 e. The molecule has 0 aromatic heterocycles. The van der Waals surface area contributed by atoms with Gasteiger partial charge < -0.3 is 9.84 Å². The molecule has 0 heterocycles. The van der Waals surface area contributed by atoms with Gasteiger partial charge in [-0.2, -0.15) is 5.26 Å². The summed E-state index contributed by atoms with van der Waals surface area (Å²) in [6.45, 7) is 6.25. The van der Waals surface area contributed by atoms with Crippen LogP contribution in [0.15, 0.2) is 18.2 Å². The Labute approximate surface area is 119 Å². The molecule has 0 aliphatic rings. The topological polar surface area (TPSA) is 65.3 Å². The van der Waals surface area contributed by atoms with Gasteiger partial charge in [-0.05, 0) is 39.0 Å². The average Bonchev–Trinajstić information content (AvgIpc) is 2.28. The summed E-state index contributed by atoms with van der Waals surface area (Å²) in [4.78, 5) is 0. The molecule has 0 fully saturated rings. The summed E-state index contributed by atoms with van der Waals surface area (Å²) in [7, 11) is 0. The van der Waals surface area contributed by atoms with E-state index < -0.39 is 6.23 Å². The maximum absolute atomic E-state index is 9.76. The van der Waals surface area contributed by atoms with Crippen molar-refractivity contribution >= 4 is 11.6 Å². The lowest BCUT2D eigenvalue weighted by atomic mass is 10.1. The second-order valence-corrected chi connectivity index (χ2v) is 5.74. The van der Waals surface area contributed by atoms with Crippen LogP contribution in [-0.4, -0.2) is 23.5 Å². The van der Waals surface area contributed by atoms with Gasteiger partial charge in [-0.25, -0.2) is 0 Å². The number of benzene rings is 1. The number of halogens is 1. The predicted molar refractivity (Wildman–Crippen MR) is 75.2 cm³/mol. The van der Waals surface area contributed by atoms with E-state index in [0.29, 0.717) is 29.4 Å². The molecule has 0 spiro atoms. The first-order chi connectivity index (χ1) is 8.81. The van der Waals surface area contributed by atoms with Crippen molar-refractivity contribution in [2.45, 2.75) is 39.0 Å². The van der Waals surface area contributed by atoms with Crippen LogP contribution in [0.4, 0.5) is 0 Å². The van der Waals surface area contributed by atoms with Crippen LogP contribution in [0.25, 0.3) is 0 Å². The number of hydrogen-bond acceptors (Lipinski definition) is 4. The Bertz CT molecular complexity index is 463. The molecule has 104 valence electrons. The first-order valence-electron chi connectivity index (χ1n) is 6.10. The van der Waals surface area contributed by atoms with Crippen LogP contribution < -0.4 is 10.1 Å². The van der Waals surface area contributed by atoms with Crippen molar-refractivity contribution in [3.05, 3.63) is 28.8 Å². The molecule has 1 aromatic rings. The quantitative estimate of drug-likeness (QED) is 0.815. The monoisotopic (exact) mass is 282 g/mol. The van der Waals surface area contributed by atoms with Gasteiger partial charge in [0, 0.05) is 17.0 Å². The van der Waals surface area contributed by atoms with Crippen molar-refractivity contribution in [3.8, 4) is 11.8 Å². The molecule has 0 bridgehead atoms. The third-order valence-corrected chi connectivity index (χ3v) is 2.55. The van der Waals surface area contributed by atoms with E-state index in [2.05, 4.69) is 5.32 Å². The Hall–Kier alpha value is -1.28. The van der Waals surface area contributed by atoms with Gasteiger partial charge in [0.25, 0.3) is 0 Å². The zero-order valence-electron chi connectivity index (χ0n) is 11.4. The van der Waals surface area contributed by atoms with E-state index in [4.69, 9.17) is 21.6 Å². The average molecular weight is 283 g/mol. The lowest BCUT2D eigenvalue weighted by Gasteiger charge is -2.25. The molecule has 0 amide bonds. The Balaban J connectivity index is 2.48. The minimum atomic E-state index is -0.641. The van der Waals surface area contributed by atoms with E-state index in [1.807, 2.05) is 26.8 Å². The largest absolute Gasteiger partial charge is 0.492 e. The molecule has 2 N–H and O–H groups in total. The van der Waals surface area contributed by atoms with E-state index >= 15 is 0 Å². The highest BCUT2D eigenvalue weighted by atomic mass is 35.5.